The van der Waals surface area contributed by atoms with E-state index >= 15 is 0 Å². The highest BCUT2D eigenvalue weighted by Gasteiger charge is 2.40. The molecule has 2 heterocycles. The molecule has 1 fully saturated rings. The summed E-state index contributed by atoms with van der Waals surface area (Å²) in [5, 5.41) is 22.6. The van der Waals surface area contributed by atoms with E-state index in [-0.39, 0.29) is 17.9 Å². The lowest BCUT2D eigenvalue weighted by molar-refractivity contribution is -0.128. The molecule has 1 aromatic heterocycles. The van der Waals surface area contributed by atoms with E-state index in [0.717, 1.165) is 12.0 Å². The van der Waals surface area contributed by atoms with E-state index in [2.05, 4.69) is 37.3 Å². The van der Waals surface area contributed by atoms with Crippen LogP contribution in [-0.2, 0) is 15.0 Å². The molecule has 2 N–H and O–H groups in total. The van der Waals surface area contributed by atoms with Crippen molar-refractivity contribution in [1.29, 1.82) is 5.26 Å². The maximum Gasteiger partial charge on any atom is 0.251 e. The zero-order valence-electron chi connectivity index (χ0n) is 21.2. The van der Waals surface area contributed by atoms with Crippen LogP contribution in [0, 0.1) is 11.5 Å². The fourth-order valence-electron chi connectivity index (χ4n) is 4.18. The molecule has 0 radical (unpaired) electrons. The molecule has 3 rings (SSSR count). The minimum absolute atomic E-state index is 0.0152. The van der Waals surface area contributed by atoms with Crippen LogP contribution >= 0.6 is 0 Å². The van der Waals surface area contributed by atoms with E-state index in [0.29, 0.717) is 24.2 Å². The Morgan fingerprint density at radius 1 is 1.23 bits per heavy atom. The first-order valence-corrected chi connectivity index (χ1v) is 11.9. The molecular weight excluding hydrogens is 442 g/mol. The molecule has 1 aliphatic rings. The fourth-order valence-corrected chi connectivity index (χ4v) is 4.18. The monoisotopic (exact) mass is 477 g/mol. The van der Waals surface area contributed by atoms with Crippen molar-refractivity contribution in [2.45, 2.75) is 70.6 Å². The van der Waals surface area contributed by atoms with Gasteiger partial charge in [-0.15, -0.1) is 0 Å². The van der Waals surface area contributed by atoms with E-state index in [4.69, 9.17) is 0 Å². The summed E-state index contributed by atoms with van der Waals surface area (Å²) in [5.41, 5.74) is 0.984. The zero-order valence-corrected chi connectivity index (χ0v) is 21.2. The summed E-state index contributed by atoms with van der Waals surface area (Å²) in [6.45, 7) is 10.0. The summed E-state index contributed by atoms with van der Waals surface area (Å²) in [6.07, 6.45) is 6.55. The van der Waals surface area contributed by atoms with Crippen molar-refractivity contribution in [1.82, 2.24) is 15.2 Å². The molecule has 186 valence electrons. The lowest BCUT2D eigenvalue weighted by Crippen LogP contribution is -2.51. The number of nitrogens with zero attached hydrogens (tertiary/aromatic N) is 4. The highest BCUT2D eigenvalue weighted by atomic mass is 16.3. The van der Waals surface area contributed by atoms with Crippen molar-refractivity contribution in [3.8, 4) is 6.19 Å². The minimum Gasteiger partial charge on any atom is -0.389 e. The number of anilines is 1. The average molecular weight is 478 g/mol. The molecule has 2 atom stereocenters. The largest absolute Gasteiger partial charge is 0.389 e. The van der Waals surface area contributed by atoms with Crippen LogP contribution < -0.4 is 10.2 Å². The molecular formula is C27H35N5O3. The lowest BCUT2D eigenvalue weighted by atomic mass is 9.87. The summed E-state index contributed by atoms with van der Waals surface area (Å²) >= 11 is 0. The van der Waals surface area contributed by atoms with Crippen molar-refractivity contribution < 1.29 is 14.7 Å². The predicted molar refractivity (Wildman–Crippen MR) is 134 cm³/mol. The van der Waals surface area contributed by atoms with Crippen molar-refractivity contribution in [2.24, 2.45) is 0 Å². The topological polar surface area (TPSA) is 110 Å². The van der Waals surface area contributed by atoms with Crippen molar-refractivity contribution in [3.05, 3.63) is 59.9 Å². The van der Waals surface area contributed by atoms with Gasteiger partial charge in [0.1, 0.15) is 12.1 Å². The first-order chi connectivity index (χ1) is 16.4. The van der Waals surface area contributed by atoms with Gasteiger partial charge in [-0.25, -0.2) is 0 Å². The predicted octanol–water partition coefficient (Wildman–Crippen LogP) is 3.29. The van der Waals surface area contributed by atoms with Crippen LogP contribution in [0.2, 0.25) is 0 Å². The number of hydrogen-bond donors (Lipinski definition) is 2. The molecule has 8 heteroatoms. The van der Waals surface area contributed by atoms with Gasteiger partial charge in [0.25, 0.3) is 5.91 Å². The number of hydrogen-bond acceptors (Lipinski definition) is 6. The zero-order chi connectivity index (χ0) is 25.8. The molecule has 1 aromatic carbocycles. The first-order valence-electron chi connectivity index (χ1n) is 11.9. The molecule has 35 heavy (non-hydrogen) atoms. The number of aliphatic hydroxyl groups is 1. The number of carbonyl (C=O) groups excluding carboxylic acids is 2. The number of aromatic nitrogens is 1. The van der Waals surface area contributed by atoms with Crippen LogP contribution in [0.1, 0.15) is 64.6 Å². The Morgan fingerprint density at radius 3 is 2.46 bits per heavy atom. The third-order valence-corrected chi connectivity index (χ3v) is 6.12. The summed E-state index contributed by atoms with van der Waals surface area (Å²) < 4.78 is 0. The average Bonchev–Trinajstić information content (AvgIpc) is 3.29. The lowest BCUT2D eigenvalue weighted by Gasteiger charge is -2.35. The molecule has 2 amide bonds. The summed E-state index contributed by atoms with van der Waals surface area (Å²) in [4.78, 5) is 34.7. The standard InChI is InChI=1S/C27H35N5O3/c1-26(2,3)20-10-12-21(13-11-20)32(25(34)22-9-7-15-31(22)18-28)23(19-8-6-14-29-16-19)24(33)30-17-27(4,5)35/h6,8,10-14,16,22-23,35H,7,9,15,17H2,1-5H3,(H,30,33). The Bertz CT molecular complexity index is 1070. The van der Waals surface area contributed by atoms with Crippen LogP contribution in [0.25, 0.3) is 0 Å². The first kappa shape index (κ1) is 26.2. The van der Waals surface area contributed by atoms with E-state index in [1.807, 2.05) is 24.3 Å². The number of pyridine rings is 1. The van der Waals surface area contributed by atoms with Crippen molar-refractivity contribution >= 4 is 17.5 Å². The van der Waals surface area contributed by atoms with Gasteiger partial charge in [0.15, 0.2) is 6.19 Å². The number of benzene rings is 1. The molecule has 0 aliphatic carbocycles. The quantitative estimate of drug-likeness (QED) is 0.592. The van der Waals surface area contributed by atoms with Gasteiger partial charge in [-0.1, -0.05) is 39.0 Å². The Labute approximate surface area is 207 Å². The van der Waals surface area contributed by atoms with Crippen LogP contribution in [0.3, 0.4) is 0 Å². The Kier molecular flexibility index (Phi) is 7.81. The number of carbonyl (C=O) groups is 2. The molecule has 0 bridgehead atoms. The van der Waals surface area contributed by atoms with Crippen LogP contribution in [0.5, 0.6) is 0 Å². The second kappa shape index (κ2) is 10.4. The van der Waals surface area contributed by atoms with Gasteiger partial charge in [-0.05, 0) is 55.9 Å². The smallest absolute Gasteiger partial charge is 0.251 e. The van der Waals surface area contributed by atoms with Gasteiger partial charge in [0, 0.05) is 36.7 Å². The van der Waals surface area contributed by atoms with E-state index in [1.165, 1.54) is 9.80 Å². The molecule has 0 spiro atoms. The van der Waals surface area contributed by atoms with E-state index < -0.39 is 23.6 Å². The second-order valence-electron chi connectivity index (χ2n) is 10.7. The molecule has 1 saturated heterocycles. The van der Waals surface area contributed by atoms with E-state index in [1.54, 1.807) is 38.4 Å². The van der Waals surface area contributed by atoms with E-state index in [9.17, 15) is 20.0 Å². The van der Waals surface area contributed by atoms with Crippen LogP contribution in [0.4, 0.5) is 5.69 Å². The minimum atomic E-state index is -1.12. The second-order valence-corrected chi connectivity index (χ2v) is 10.7. The maximum absolute atomic E-state index is 14.0. The van der Waals surface area contributed by atoms with Gasteiger partial charge < -0.3 is 10.4 Å². The molecule has 2 aromatic rings. The number of nitriles is 1. The normalized spacial score (nSPS) is 16.9. The highest BCUT2D eigenvalue weighted by Crippen LogP contribution is 2.33. The fraction of sp³-hybridized carbons (Fsp3) is 0.481. The number of rotatable bonds is 7. The Hall–Kier alpha value is -3.44. The Balaban J connectivity index is 2.11. The number of nitrogens with one attached hydrogen (secondary N) is 1. The Morgan fingerprint density at radius 2 is 1.91 bits per heavy atom. The molecule has 8 nitrogen and oxygen atoms in total. The van der Waals surface area contributed by atoms with Crippen molar-refractivity contribution in [3.63, 3.8) is 0 Å². The van der Waals surface area contributed by atoms with Gasteiger partial charge in [-0.2, -0.15) is 5.26 Å². The molecule has 2 unspecified atom stereocenters. The third-order valence-electron chi connectivity index (χ3n) is 6.12. The van der Waals surface area contributed by atoms with Crippen LogP contribution in [-0.4, -0.2) is 51.5 Å². The highest BCUT2D eigenvalue weighted by molar-refractivity contribution is 6.04. The van der Waals surface area contributed by atoms with Gasteiger partial charge in [-0.3, -0.25) is 24.4 Å². The summed E-state index contributed by atoms with van der Waals surface area (Å²) in [6, 6.07) is 9.40. The van der Waals surface area contributed by atoms with Gasteiger partial charge in [0.05, 0.1) is 5.60 Å². The van der Waals surface area contributed by atoms with Gasteiger partial charge in [0.2, 0.25) is 5.91 Å². The van der Waals surface area contributed by atoms with Crippen molar-refractivity contribution in [2.75, 3.05) is 18.0 Å². The number of likely N-dealkylation sites (tertiary alicyclic amines) is 1. The third kappa shape index (κ3) is 6.37. The van der Waals surface area contributed by atoms with Crippen LogP contribution in [0.15, 0.2) is 48.8 Å². The summed E-state index contributed by atoms with van der Waals surface area (Å²) in [5.74, 6) is -0.755. The molecule has 1 aliphatic heterocycles. The molecule has 0 saturated carbocycles. The maximum atomic E-state index is 14.0. The number of amides is 2. The van der Waals surface area contributed by atoms with Gasteiger partial charge >= 0.3 is 0 Å². The SMILES string of the molecule is CC(C)(O)CNC(=O)C(c1cccnc1)N(C(=O)C1CCCN1C#N)c1ccc(C(C)(C)C)cc1. The summed E-state index contributed by atoms with van der Waals surface area (Å²) in [7, 11) is 0.